The van der Waals surface area contributed by atoms with E-state index in [1.165, 1.54) is 12.0 Å². The molecule has 0 N–H and O–H groups in total. The molecule has 0 unspecified atom stereocenters. The van der Waals surface area contributed by atoms with Crippen LogP contribution >= 0.6 is 15.9 Å². The van der Waals surface area contributed by atoms with E-state index in [-0.39, 0.29) is 24.4 Å². The summed E-state index contributed by atoms with van der Waals surface area (Å²) < 4.78 is 3.29. The molecule has 1 aliphatic rings. The number of halogens is 1. The summed E-state index contributed by atoms with van der Waals surface area (Å²) in [6.07, 6.45) is 11.9. The molecule has 1 aromatic heterocycles. The van der Waals surface area contributed by atoms with Crippen LogP contribution in [-0.2, 0) is 22.7 Å². The first-order valence-corrected chi connectivity index (χ1v) is 14.5. The molecule has 2 amide bonds. The lowest BCUT2D eigenvalue weighted by molar-refractivity contribution is -0.141. The topological polar surface area (TPSA) is 45.6 Å². The van der Waals surface area contributed by atoms with Crippen molar-refractivity contribution in [3.8, 4) is 0 Å². The van der Waals surface area contributed by atoms with Crippen LogP contribution in [-0.4, -0.2) is 45.3 Å². The third-order valence-corrected chi connectivity index (χ3v) is 7.74. The van der Waals surface area contributed by atoms with Gasteiger partial charge >= 0.3 is 0 Å². The Kier molecular flexibility index (Phi) is 10.4. The fourth-order valence-corrected chi connectivity index (χ4v) is 5.41. The Morgan fingerprint density at radius 3 is 2.42 bits per heavy atom. The van der Waals surface area contributed by atoms with E-state index in [1.807, 2.05) is 48.2 Å². The maximum atomic E-state index is 13.8. The van der Waals surface area contributed by atoms with Gasteiger partial charge in [-0.15, -0.1) is 0 Å². The first-order valence-electron chi connectivity index (χ1n) is 13.7. The zero-order valence-corrected chi connectivity index (χ0v) is 23.9. The first kappa shape index (κ1) is 27.9. The second-order valence-corrected chi connectivity index (χ2v) is 11.0. The fourth-order valence-electron chi connectivity index (χ4n) is 5.15. The number of amides is 2. The molecule has 0 aliphatic heterocycles. The molecule has 1 aliphatic carbocycles. The number of carbonyl (C=O) groups is 2. The van der Waals surface area contributed by atoms with Crippen LogP contribution in [0.3, 0.4) is 0 Å². The van der Waals surface area contributed by atoms with Gasteiger partial charge in [0, 0.05) is 41.6 Å². The smallest absolute Gasteiger partial charge is 0.247 e. The standard InChI is InChI=1S/C32H38BrN3O2/c1-2-21-35(31(37)20-17-26-10-5-3-6-11-26)25-32(38)36(29-12-7-4-8-13-29)24-30-14-9-22-34(30)23-27-15-18-28(33)19-16-27/h3,5-6,9-11,14-20,22,29H,2,4,7-8,12-13,21,23-25H2,1H3/b20-17+. The predicted octanol–water partition coefficient (Wildman–Crippen LogP) is 6.91. The minimum Gasteiger partial charge on any atom is -0.345 e. The van der Waals surface area contributed by atoms with E-state index in [1.54, 1.807) is 11.0 Å². The lowest BCUT2D eigenvalue weighted by Gasteiger charge is -2.36. The molecule has 6 heteroatoms. The summed E-state index contributed by atoms with van der Waals surface area (Å²) >= 11 is 3.51. The predicted molar refractivity (Wildman–Crippen MR) is 157 cm³/mol. The summed E-state index contributed by atoms with van der Waals surface area (Å²) in [4.78, 5) is 30.7. The summed E-state index contributed by atoms with van der Waals surface area (Å²) in [6.45, 7) is 4.02. The quantitative estimate of drug-likeness (QED) is 0.233. The highest BCUT2D eigenvalue weighted by Crippen LogP contribution is 2.25. The highest BCUT2D eigenvalue weighted by atomic mass is 79.9. The number of rotatable bonds is 11. The van der Waals surface area contributed by atoms with Gasteiger partial charge in [-0.25, -0.2) is 0 Å². The highest BCUT2D eigenvalue weighted by Gasteiger charge is 2.28. The molecule has 0 spiro atoms. The van der Waals surface area contributed by atoms with Gasteiger partial charge in [0.25, 0.3) is 0 Å². The molecular formula is C32H38BrN3O2. The van der Waals surface area contributed by atoms with Crippen LogP contribution in [0.5, 0.6) is 0 Å². The van der Waals surface area contributed by atoms with Crippen molar-refractivity contribution < 1.29 is 9.59 Å². The van der Waals surface area contributed by atoms with Crippen molar-refractivity contribution in [3.63, 3.8) is 0 Å². The molecule has 0 atom stereocenters. The van der Waals surface area contributed by atoms with Gasteiger partial charge in [0.05, 0.1) is 6.54 Å². The maximum absolute atomic E-state index is 13.8. The van der Waals surface area contributed by atoms with Crippen molar-refractivity contribution in [2.45, 2.75) is 64.6 Å². The maximum Gasteiger partial charge on any atom is 0.247 e. The molecule has 1 fully saturated rings. The van der Waals surface area contributed by atoms with Crippen molar-refractivity contribution in [2.75, 3.05) is 13.1 Å². The van der Waals surface area contributed by atoms with Crippen molar-refractivity contribution in [2.24, 2.45) is 0 Å². The second-order valence-electron chi connectivity index (χ2n) is 10.1. The summed E-state index contributed by atoms with van der Waals surface area (Å²) in [5.74, 6) is -0.0885. The first-order chi connectivity index (χ1) is 18.5. The summed E-state index contributed by atoms with van der Waals surface area (Å²) in [7, 11) is 0. The molecule has 38 heavy (non-hydrogen) atoms. The molecule has 0 bridgehead atoms. The Labute approximate surface area is 235 Å². The minimum atomic E-state index is -0.119. The lowest BCUT2D eigenvalue weighted by Crippen LogP contribution is -2.47. The molecule has 0 saturated heterocycles. The van der Waals surface area contributed by atoms with Crippen LogP contribution in [0, 0.1) is 0 Å². The van der Waals surface area contributed by atoms with Crippen LogP contribution < -0.4 is 0 Å². The van der Waals surface area contributed by atoms with Gasteiger partial charge in [0.1, 0.15) is 6.54 Å². The van der Waals surface area contributed by atoms with E-state index in [0.29, 0.717) is 13.1 Å². The Hall–Kier alpha value is -3.12. The number of nitrogens with zero attached hydrogens (tertiary/aromatic N) is 3. The van der Waals surface area contributed by atoms with E-state index in [2.05, 4.69) is 63.1 Å². The molecule has 2 aromatic carbocycles. The minimum absolute atomic E-state index is 0.0307. The number of carbonyl (C=O) groups excluding carboxylic acids is 2. The normalized spacial score (nSPS) is 14.1. The van der Waals surface area contributed by atoms with Gasteiger partial charge in [0.2, 0.25) is 11.8 Å². The molecule has 3 aromatic rings. The van der Waals surface area contributed by atoms with E-state index in [9.17, 15) is 9.59 Å². The third-order valence-electron chi connectivity index (χ3n) is 7.21. The van der Waals surface area contributed by atoms with Gasteiger partial charge in [-0.2, -0.15) is 0 Å². The van der Waals surface area contributed by atoms with E-state index < -0.39 is 0 Å². The molecule has 4 rings (SSSR count). The third kappa shape index (κ3) is 7.94. The van der Waals surface area contributed by atoms with Crippen LogP contribution in [0.25, 0.3) is 6.08 Å². The number of benzene rings is 2. The molecule has 1 saturated carbocycles. The van der Waals surface area contributed by atoms with Gasteiger partial charge < -0.3 is 14.4 Å². The van der Waals surface area contributed by atoms with Crippen LogP contribution in [0.4, 0.5) is 0 Å². The fraction of sp³-hybridized carbons (Fsp3) is 0.375. The highest BCUT2D eigenvalue weighted by molar-refractivity contribution is 9.10. The molecule has 200 valence electrons. The van der Waals surface area contributed by atoms with Crippen molar-refractivity contribution in [3.05, 3.63) is 100 Å². The van der Waals surface area contributed by atoms with Gasteiger partial charge in [0.15, 0.2) is 0 Å². The van der Waals surface area contributed by atoms with Crippen molar-refractivity contribution in [1.29, 1.82) is 0 Å². The zero-order valence-electron chi connectivity index (χ0n) is 22.3. The van der Waals surface area contributed by atoms with Crippen LogP contribution in [0.2, 0.25) is 0 Å². The largest absolute Gasteiger partial charge is 0.345 e. The van der Waals surface area contributed by atoms with Gasteiger partial charge in [-0.05, 0) is 60.7 Å². The van der Waals surface area contributed by atoms with E-state index >= 15 is 0 Å². The number of hydrogen-bond acceptors (Lipinski definition) is 2. The van der Waals surface area contributed by atoms with Gasteiger partial charge in [-0.1, -0.05) is 84.6 Å². The van der Waals surface area contributed by atoms with Crippen LogP contribution in [0.1, 0.15) is 62.3 Å². The number of aromatic nitrogens is 1. The lowest BCUT2D eigenvalue weighted by atomic mass is 9.94. The summed E-state index contributed by atoms with van der Waals surface area (Å²) in [5.41, 5.74) is 3.30. The van der Waals surface area contributed by atoms with E-state index in [4.69, 9.17) is 0 Å². The molecule has 0 radical (unpaired) electrons. The molecule has 5 nitrogen and oxygen atoms in total. The van der Waals surface area contributed by atoms with Crippen molar-refractivity contribution in [1.82, 2.24) is 14.4 Å². The Morgan fingerprint density at radius 2 is 1.71 bits per heavy atom. The monoisotopic (exact) mass is 575 g/mol. The van der Waals surface area contributed by atoms with Gasteiger partial charge in [-0.3, -0.25) is 9.59 Å². The number of hydrogen-bond donors (Lipinski definition) is 0. The van der Waals surface area contributed by atoms with E-state index in [0.717, 1.165) is 54.4 Å². The molecule has 1 heterocycles. The second kappa shape index (κ2) is 14.1. The Balaban J connectivity index is 1.49. The van der Waals surface area contributed by atoms with Crippen LogP contribution in [0.15, 0.2) is 83.5 Å². The van der Waals surface area contributed by atoms with Crippen molar-refractivity contribution >= 4 is 33.8 Å². The average molecular weight is 577 g/mol. The Bertz CT molecular complexity index is 1200. The SMILES string of the molecule is CCCN(CC(=O)N(Cc1cccn1Cc1ccc(Br)cc1)C1CCCCC1)C(=O)/C=C/c1ccccc1. The Morgan fingerprint density at radius 1 is 0.974 bits per heavy atom. The average Bonchev–Trinajstić information content (AvgIpc) is 3.38. The zero-order chi connectivity index (χ0) is 26.7. The summed E-state index contributed by atoms with van der Waals surface area (Å²) in [6, 6.07) is 22.5. The molecular weight excluding hydrogens is 538 g/mol. The summed E-state index contributed by atoms with van der Waals surface area (Å²) in [5, 5.41) is 0.